The second-order valence-corrected chi connectivity index (χ2v) is 6.91. The monoisotopic (exact) mass is 402 g/mol. The first-order valence-electron chi connectivity index (χ1n) is 9.81. The standard InChI is InChI=1S/C21H30N4O4/c1-16(2)24-5-7-25(8-6-24)21-17-13-19(28-11-9-26-3)20(29-12-10-27-4)14-18(17)22-15-23-21/h13-15H,1,5-12H2,2-4H3. The summed E-state index contributed by atoms with van der Waals surface area (Å²) in [5, 5.41) is 0.947. The fourth-order valence-corrected chi connectivity index (χ4v) is 3.30. The zero-order valence-corrected chi connectivity index (χ0v) is 17.5. The molecule has 0 N–H and O–H groups in total. The second-order valence-electron chi connectivity index (χ2n) is 6.91. The van der Waals surface area contributed by atoms with Gasteiger partial charge in [-0.25, -0.2) is 9.97 Å². The van der Waals surface area contributed by atoms with Gasteiger partial charge in [0.25, 0.3) is 0 Å². The van der Waals surface area contributed by atoms with Gasteiger partial charge in [-0.05, 0) is 13.0 Å². The zero-order valence-electron chi connectivity index (χ0n) is 17.5. The fourth-order valence-electron chi connectivity index (χ4n) is 3.30. The van der Waals surface area contributed by atoms with Crippen molar-refractivity contribution in [3.8, 4) is 11.5 Å². The number of fused-ring (bicyclic) bond motifs is 1. The van der Waals surface area contributed by atoms with E-state index in [1.54, 1.807) is 20.5 Å². The summed E-state index contributed by atoms with van der Waals surface area (Å²) >= 11 is 0. The molecule has 8 heteroatoms. The molecule has 0 atom stereocenters. The lowest BCUT2D eigenvalue weighted by atomic mass is 10.2. The van der Waals surface area contributed by atoms with Crippen molar-refractivity contribution in [3.05, 3.63) is 30.7 Å². The number of benzene rings is 1. The SMILES string of the molecule is C=C(C)N1CCN(c2ncnc3cc(OCCOC)c(OCCOC)cc23)CC1. The van der Waals surface area contributed by atoms with Gasteiger partial charge in [0.1, 0.15) is 25.4 Å². The number of hydrogen-bond donors (Lipinski definition) is 0. The number of allylic oxidation sites excluding steroid dienone is 1. The summed E-state index contributed by atoms with van der Waals surface area (Å²) in [6.07, 6.45) is 1.60. The van der Waals surface area contributed by atoms with E-state index in [0.29, 0.717) is 37.9 Å². The Morgan fingerprint density at radius 3 is 2.14 bits per heavy atom. The third-order valence-electron chi connectivity index (χ3n) is 4.89. The molecule has 0 amide bonds. The molecule has 1 aliphatic heterocycles. The van der Waals surface area contributed by atoms with Crippen molar-refractivity contribution >= 4 is 16.7 Å². The molecule has 1 aliphatic rings. The van der Waals surface area contributed by atoms with Crippen LogP contribution in [0.25, 0.3) is 10.9 Å². The van der Waals surface area contributed by atoms with Crippen molar-refractivity contribution in [1.82, 2.24) is 14.9 Å². The van der Waals surface area contributed by atoms with E-state index in [1.807, 2.05) is 19.1 Å². The Balaban J connectivity index is 1.89. The third kappa shape index (κ3) is 5.27. The first kappa shape index (κ1) is 21.1. The first-order chi connectivity index (χ1) is 14.1. The predicted octanol–water partition coefficient (Wildman–Crippen LogP) is 2.34. The Hall–Kier alpha value is -2.58. The molecule has 0 saturated carbocycles. The maximum atomic E-state index is 5.92. The molecule has 1 fully saturated rings. The highest BCUT2D eigenvalue weighted by atomic mass is 16.5. The van der Waals surface area contributed by atoms with E-state index in [2.05, 4.69) is 26.3 Å². The number of anilines is 1. The summed E-state index contributed by atoms with van der Waals surface area (Å²) in [6.45, 7) is 11.6. The molecule has 8 nitrogen and oxygen atoms in total. The molecular formula is C21H30N4O4. The van der Waals surface area contributed by atoms with E-state index in [9.17, 15) is 0 Å². The van der Waals surface area contributed by atoms with Gasteiger partial charge in [0.15, 0.2) is 11.5 Å². The molecule has 0 unspecified atom stereocenters. The molecule has 3 rings (SSSR count). The van der Waals surface area contributed by atoms with Crippen LogP contribution in [0, 0.1) is 0 Å². The highest BCUT2D eigenvalue weighted by Gasteiger charge is 2.21. The van der Waals surface area contributed by atoms with Crippen molar-refractivity contribution in [2.75, 3.05) is 71.7 Å². The van der Waals surface area contributed by atoms with Crippen LogP contribution in [-0.4, -0.2) is 81.7 Å². The molecule has 158 valence electrons. The van der Waals surface area contributed by atoms with E-state index in [0.717, 1.165) is 48.6 Å². The molecule has 0 radical (unpaired) electrons. The Morgan fingerprint density at radius 2 is 1.55 bits per heavy atom. The van der Waals surface area contributed by atoms with E-state index in [1.165, 1.54) is 0 Å². The van der Waals surface area contributed by atoms with E-state index < -0.39 is 0 Å². The van der Waals surface area contributed by atoms with Crippen molar-refractivity contribution in [2.45, 2.75) is 6.92 Å². The summed E-state index contributed by atoms with van der Waals surface area (Å²) in [5.41, 5.74) is 1.92. The molecule has 1 saturated heterocycles. The van der Waals surface area contributed by atoms with Crippen LogP contribution in [0.1, 0.15) is 6.92 Å². The predicted molar refractivity (Wildman–Crippen MR) is 113 cm³/mol. The van der Waals surface area contributed by atoms with Crippen LogP contribution in [0.5, 0.6) is 11.5 Å². The number of nitrogens with zero attached hydrogens (tertiary/aromatic N) is 4. The highest BCUT2D eigenvalue weighted by molar-refractivity contribution is 5.92. The van der Waals surface area contributed by atoms with Gasteiger partial charge in [-0.3, -0.25) is 0 Å². The number of hydrogen-bond acceptors (Lipinski definition) is 8. The first-order valence-corrected chi connectivity index (χ1v) is 9.81. The lowest BCUT2D eigenvalue weighted by Gasteiger charge is -2.37. The highest BCUT2D eigenvalue weighted by Crippen LogP contribution is 2.35. The number of ether oxygens (including phenoxy) is 4. The van der Waals surface area contributed by atoms with Crippen LogP contribution in [0.3, 0.4) is 0 Å². The van der Waals surface area contributed by atoms with Crippen LogP contribution in [0.4, 0.5) is 5.82 Å². The molecule has 2 heterocycles. The van der Waals surface area contributed by atoms with Crippen LogP contribution >= 0.6 is 0 Å². The topological polar surface area (TPSA) is 69.2 Å². The maximum Gasteiger partial charge on any atom is 0.163 e. The average molecular weight is 402 g/mol. The van der Waals surface area contributed by atoms with E-state index >= 15 is 0 Å². The zero-order chi connectivity index (χ0) is 20.6. The minimum atomic E-state index is 0.433. The van der Waals surface area contributed by atoms with Gasteiger partial charge in [0, 0.05) is 57.5 Å². The smallest absolute Gasteiger partial charge is 0.163 e. The van der Waals surface area contributed by atoms with Crippen molar-refractivity contribution in [1.29, 1.82) is 0 Å². The maximum absolute atomic E-state index is 5.92. The summed E-state index contributed by atoms with van der Waals surface area (Å²) in [6, 6.07) is 3.87. The normalized spacial score (nSPS) is 14.3. The van der Waals surface area contributed by atoms with Gasteiger partial charge >= 0.3 is 0 Å². The molecule has 0 spiro atoms. The van der Waals surface area contributed by atoms with E-state index in [4.69, 9.17) is 18.9 Å². The van der Waals surface area contributed by atoms with Crippen LogP contribution < -0.4 is 14.4 Å². The summed E-state index contributed by atoms with van der Waals surface area (Å²) < 4.78 is 22.0. The van der Waals surface area contributed by atoms with Gasteiger partial charge < -0.3 is 28.7 Å². The molecule has 1 aromatic carbocycles. The average Bonchev–Trinajstić information content (AvgIpc) is 2.74. The van der Waals surface area contributed by atoms with E-state index in [-0.39, 0.29) is 0 Å². The molecule has 0 bridgehead atoms. The Labute approximate surface area is 172 Å². The van der Waals surface area contributed by atoms with Crippen molar-refractivity contribution in [2.24, 2.45) is 0 Å². The fraction of sp³-hybridized carbons (Fsp3) is 0.524. The lowest BCUT2D eigenvalue weighted by molar-refractivity contribution is 0.132. The molecule has 2 aromatic rings. The largest absolute Gasteiger partial charge is 0.487 e. The minimum Gasteiger partial charge on any atom is -0.487 e. The molecule has 29 heavy (non-hydrogen) atoms. The summed E-state index contributed by atoms with van der Waals surface area (Å²) in [5.74, 6) is 2.21. The quantitative estimate of drug-likeness (QED) is 0.561. The number of aromatic nitrogens is 2. The van der Waals surface area contributed by atoms with Gasteiger partial charge in [-0.1, -0.05) is 6.58 Å². The Morgan fingerprint density at radius 1 is 0.931 bits per heavy atom. The summed E-state index contributed by atoms with van der Waals surface area (Å²) in [4.78, 5) is 13.6. The number of piperazine rings is 1. The van der Waals surface area contributed by atoms with Crippen LogP contribution in [0.15, 0.2) is 30.7 Å². The lowest BCUT2D eigenvalue weighted by Crippen LogP contribution is -2.45. The Bertz CT molecular complexity index is 822. The summed E-state index contributed by atoms with van der Waals surface area (Å²) in [7, 11) is 3.29. The molecule has 0 aliphatic carbocycles. The van der Waals surface area contributed by atoms with Gasteiger partial charge in [0.2, 0.25) is 0 Å². The van der Waals surface area contributed by atoms with Crippen LogP contribution in [-0.2, 0) is 9.47 Å². The van der Waals surface area contributed by atoms with Crippen molar-refractivity contribution < 1.29 is 18.9 Å². The second kappa shape index (κ2) is 10.3. The van der Waals surface area contributed by atoms with Gasteiger partial charge in [-0.2, -0.15) is 0 Å². The van der Waals surface area contributed by atoms with Gasteiger partial charge in [-0.15, -0.1) is 0 Å². The Kier molecular flexibility index (Phi) is 7.48. The molecular weight excluding hydrogens is 372 g/mol. The van der Waals surface area contributed by atoms with Gasteiger partial charge in [0.05, 0.1) is 18.7 Å². The third-order valence-corrected chi connectivity index (χ3v) is 4.89. The minimum absolute atomic E-state index is 0.433. The van der Waals surface area contributed by atoms with Crippen LogP contribution in [0.2, 0.25) is 0 Å². The molecule has 1 aromatic heterocycles. The number of rotatable bonds is 10. The number of methoxy groups -OCH3 is 2. The van der Waals surface area contributed by atoms with Crippen molar-refractivity contribution in [3.63, 3.8) is 0 Å².